The van der Waals surface area contributed by atoms with Crippen molar-refractivity contribution in [1.29, 1.82) is 0 Å². The van der Waals surface area contributed by atoms with Gasteiger partial charge in [0.05, 0.1) is 0 Å². The highest BCUT2D eigenvalue weighted by atomic mass is 31.0. The Morgan fingerprint density at radius 3 is 2.46 bits per heavy atom. The lowest BCUT2D eigenvalue weighted by Gasteiger charge is -2.49. The van der Waals surface area contributed by atoms with Crippen molar-refractivity contribution in [2.75, 3.05) is 11.7 Å². The Hall–Kier alpha value is -5.07. The Bertz CT molecular complexity index is 2150. The summed E-state index contributed by atoms with van der Waals surface area (Å²) in [6.07, 6.45) is 4.28. The molecule has 46 heavy (non-hydrogen) atoms. The van der Waals surface area contributed by atoms with Crippen molar-refractivity contribution in [3.05, 3.63) is 170 Å². The normalized spacial score (nSPS) is 17.7. The van der Waals surface area contributed by atoms with Crippen molar-refractivity contribution in [3.63, 3.8) is 0 Å². The van der Waals surface area contributed by atoms with Crippen LogP contribution in [-0.2, 0) is 25.1 Å². The van der Waals surface area contributed by atoms with E-state index in [4.69, 9.17) is 4.74 Å². The first-order chi connectivity index (χ1) is 22.4. The summed E-state index contributed by atoms with van der Waals surface area (Å²) in [7, 11) is 2.54. The number of halogens is 2. The third kappa shape index (κ3) is 4.24. The van der Waals surface area contributed by atoms with Crippen LogP contribution in [0.15, 0.2) is 114 Å². The first-order valence-corrected chi connectivity index (χ1v) is 15.6. The molecule has 3 aliphatic rings. The molecule has 2 aliphatic carbocycles. The molecule has 1 aromatic heterocycles. The van der Waals surface area contributed by atoms with Gasteiger partial charge in [0.1, 0.15) is 30.4 Å². The molecule has 4 aromatic carbocycles. The van der Waals surface area contributed by atoms with E-state index in [0.29, 0.717) is 17.3 Å². The number of pyridine rings is 1. The number of rotatable bonds is 6. The molecule has 2 atom stereocenters. The minimum atomic E-state index is -0.924. The van der Waals surface area contributed by atoms with Crippen LogP contribution in [0, 0.1) is 11.6 Å². The van der Waals surface area contributed by atoms with Gasteiger partial charge >= 0.3 is 0 Å². The van der Waals surface area contributed by atoms with E-state index in [9.17, 15) is 18.4 Å². The molecule has 0 spiro atoms. The Labute approximate surface area is 266 Å². The van der Waals surface area contributed by atoms with Crippen molar-refractivity contribution >= 4 is 26.5 Å². The number of fused-ring (bicyclic) bond motifs is 6. The zero-order chi connectivity index (χ0) is 31.6. The largest absolute Gasteiger partial charge is 0.482 e. The molecule has 0 saturated carbocycles. The summed E-state index contributed by atoms with van der Waals surface area (Å²) in [5.74, 6) is -1.22. The predicted molar refractivity (Wildman–Crippen MR) is 175 cm³/mol. The zero-order valence-corrected chi connectivity index (χ0v) is 25.8. The highest BCUT2D eigenvalue weighted by Gasteiger charge is 2.55. The molecule has 228 valence electrons. The number of carbonyl (C=O) groups excluding carboxylic acids is 1. The number of carbonyl (C=O) groups is 1. The highest BCUT2D eigenvalue weighted by Crippen LogP contribution is 2.55. The molecule has 0 N–H and O–H groups in total. The molecule has 9 heteroatoms. The first kappa shape index (κ1) is 28.4. The number of amides is 1. The van der Waals surface area contributed by atoms with E-state index in [1.807, 2.05) is 54.6 Å². The average Bonchev–Trinajstić information content (AvgIpc) is 3.56. The van der Waals surface area contributed by atoms with Gasteiger partial charge in [-0.05, 0) is 63.6 Å². The van der Waals surface area contributed by atoms with Crippen LogP contribution in [-0.4, -0.2) is 22.2 Å². The van der Waals surface area contributed by atoms with E-state index in [1.165, 1.54) is 24.3 Å². The van der Waals surface area contributed by atoms with E-state index < -0.39 is 22.7 Å². The highest BCUT2D eigenvalue weighted by molar-refractivity contribution is 7.27. The van der Waals surface area contributed by atoms with Crippen LogP contribution in [0.25, 0.3) is 6.08 Å². The monoisotopic (exact) mass is 631 g/mol. The minimum Gasteiger partial charge on any atom is -0.482 e. The average molecular weight is 632 g/mol. The maximum atomic E-state index is 15.0. The summed E-state index contributed by atoms with van der Waals surface area (Å²) >= 11 is 0. The second kappa shape index (κ2) is 10.8. The minimum absolute atomic E-state index is 0.0671. The molecular weight excluding hydrogens is 603 g/mol. The van der Waals surface area contributed by atoms with Crippen LogP contribution in [0.1, 0.15) is 43.9 Å². The van der Waals surface area contributed by atoms with Crippen LogP contribution in [0.4, 0.5) is 8.78 Å². The summed E-state index contributed by atoms with van der Waals surface area (Å²) in [6.45, 7) is 0.274. The van der Waals surface area contributed by atoms with Gasteiger partial charge in [0, 0.05) is 24.1 Å². The summed E-state index contributed by atoms with van der Waals surface area (Å²) in [5, 5.41) is 2.52. The Kier molecular flexibility index (Phi) is 6.66. The molecule has 1 amide bonds. The van der Waals surface area contributed by atoms with E-state index >= 15 is 0 Å². The molecule has 5 aromatic rings. The SMILES string of the molecule is O=C1c2c(OCc3ccccc3)c(=O)ccn2N(C23C(=Cc4c2ccc(F)c4P)Cc2ccccc23)CN1Cc1cccc(F)c1. The summed E-state index contributed by atoms with van der Waals surface area (Å²) in [6, 6.07) is 28.4. The molecule has 2 unspecified atom stereocenters. The van der Waals surface area contributed by atoms with Gasteiger partial charge in [-0.3, -0.25) is 19.3 Å². The smallest absolute Gasteiger partial charge is 0.278 e. The van der Waals surface area contributed by atoms with Crippen LogP contribution in [0.2, 0.25) is 0 Å². The third-order valence-electron chi connectivity index (χ3n) is 9.16. The second-order valence-corrected chi connectivity index (χ2v) is 12.4. The number of benzene rings is 4. The van der Waals surface area contributed by atoms with E-state index in [0.717, 1.165) is 33.4 Å². The second-order valence-electron chi connectivity index (χ2n) is 11.8. The van der Waals surface area contributed by atoms with Crippen LogP contribution in [0.5, 0.6) is 5.75 Å². The van der Waals surface area contributed by atoms with E-state index in [1.54, 1.807) is 27.9 Å². The molecule has 0 saturated heterocycles. The van der Waals surface area contributed by atoms with E-state index in [-0.39, 0.29) is 37.1 Å². The maximum absolute atomic E-state index is 15.0. The Balaban J connectivity index is 1.36. The summed E-state index contributed by atoms with van der Waals surface area (Å²) in [4.78, 5) is 29.5. The van der Waals surface area contributed by atoms with Crippen molar-refractivity contribution in [2.45, 2.75) is 25.1 Å². The quantitative estimate of drug-likeness (QED) is 0.227. The fraction of sp³-hybridized carbons (Fsp3) is 0.135. The fourth-order valence-electron chi connectivity index (χ4n) is 7.17. The van der Waals surface area contributed by atoms with Gasteiger partial charge in [-0.15, -0.1) is 9.24 Å². The fourth-order valence-corrected chi connectivity index (χ4v) is 7.50. The van der Waals surface area contributed by atoms with Gasteiger partial charge in [-0.25, -0.2) is 8.78 Å². The van der Waals surface area contributed by atoms with Crippen molar-refractivity contribution in [2.24, 2.45) is 0 Å². The Morgan fingerprint density at radius 2 is 1.63 bits per heavy atom. The molecule has 8 rings (SSSR count). The maximum Gasteiger partial charge on any atom is 0.278 e. The molecule has 0 radical (unpaired) electrons. The zero-order valence-electron chi connectivity index (χ0n) is 24.6. The number of hydrogen-bond acceptors (Lipinski definition) is 4. The molecule has 1 aliphatic heterocycles. The van der Waals surface area contributed by atoms with Crippen molar-refractivity contribution in [1.82, 2.24) is 9.58 Å². The van der Waals surface area contributed by atoms with Gasteiger partial charge in [0.2, 0.25) is 5.43 Å². The van der Waals surface area contributed by atoms with Gasteiger partial charge in [-0.2, -0.15) is 0 Å². The lowest BCUT2D eigenvalue weighted by atomic mass is 9.83. The predicted octanol–water partition coefficient (Wildman–Crippen LogP) is 5.65. The lowest BCUT2D eigenvalue weighted by molar-refractivity contribution is 0.0649. The van der Waals surface area contributed by atoms with Crippen LogP contribution >= 0.6 is 9.24 Å². The number of aromatic nitrogens is 1. The lowest BCUT2D eigenvalue weighted by Crippen LogP contribution is -2.62. The number of nitrogens with zero attached hydrogens (tertiary/aromatic N) is 3. The molecule has 2 heterocycles. The first-order valence-electron chi connectivity index (χ1n) is 15.0. The summed E-state index contributed by atoms with van der Waals surface area (Å²) in [5.41, 5.74) is 4.96. The number of ether oxygens (including phenoxy) is 1. The van der Waals surface area contributed by atoms with Gasteiger partial charge in [-0.1, -0.05) is 78.9 Å². The van der Waals surface area contributed by atoms with Crippen molar-refractivity contribution in [3.8, 4) is 5.75 Å². The van der Waals surface area contributed by atoms with Crippen LogP contribution in [0.3, 0.4) is 0 Å². The third-order valence-corrected chi connectivity index (χ3v) is 9.75. The van der Waals surface area contributed by atoms with Gasteiger partial charge in [0.25, 0.3) is 5.91 Å². The number of hydrogen-bond donors (Lipinski definition) is 0. The molecule has 6 nitrogen and oxygen atoms in total. The molecule has 0 fully saturated rings. The molecular formula is C37H28F2N3O3P. The summed E-state index contributed by atoms with van der Waals surface area (Å²) < 4.78 is 37.2. The van der Waals surface area contributed by atoms with Gasteiger partial charge in [0.15, 0.2) is 11.4 Å². The Morgan fingerprint density at radius 1 is 0.848 bits per heavy atom. The molecule has 0 bridgehead atoms. The van der Waals surface area contributed by atoms with Crippen LogP contribution < -0.4 is 20.5 Å². The topological polar surface area (TPSA) is 54.8 Å². The van der Waals surface area contributed by atoms with Crippen molar-refractivity contribution < 1.29 is 18.3 Å². The van der Waals surface area contributed by atoms with E-state index in [2.05, 4.69) is 26.4 Å². The standard InChI is InChI=1S/C37H28F2N3O3P/c38-27-11-6-9-24(17-27)20-40-22-42(41-16-15-32(43)34(33(41)36(40)44)45-21-23-7-2-1-3-8-23)37-26(18-25-10-4-5-12-29(25)37)19-28-30(37)13-14-31(39)35(28)46/h1-17,19H,18,20-22,46H2. The van der Waals surface area contributed by atoms with Gasteiger partial charge < -0.3 is 9.64 Å².